The van der Waals surface area contributed by atoms with Gasteiger partial charge in [-0.25, -0.2) is 0 Å². The molecule has 2 rings (SSSR count). The van der Waals surface area contributed by atoms with Gasteiger partial charge in [0.1, 0.15) is 0 Å². The third kappa shape index (κ3) is 6.86. The molecule has 2 aliphatic heterocycles. The van der Waals surface area contributed by atoms with E-state index in [-0.39, 0.29) is 24.0 Å². The molecule has 0 radical (unpaired) electrons. The predicted molar refractivity (Wildman–Crippen MR) is 119 cm³/mol. The van der Waals surface area contributed by atoms with Gasteiger partial charge in [0.2, 0.25) is 0 Å². The Morgan fingerprint density at radius 2 is 1.64 bits per heavy atom. The molecule has 0 spiro atoms. The summed E-state index contributed by atoms with van der Waals surface area (Å²) >= 11 is 0. The summed E-state index contributed by atoms with van der Waals surface area (Å²) < 4.78 is 0. The summed E-state index contributed by atoms with van der Waals surface area (Å²) in [5, 5.41) is 3.50. The molecule has 0 aromatic heterocycles. The van der Waals surface area contributed by atoms with Crippen LogP contribution in [0, 0.1) is 0 Å². The standard InChI is InChI=1S/C19H39N5.HI/c1-5-20-19(21-15-17-11-8-9-13-23(17)6-2)22(4)16-18-12-10-14-24(18)7-3;/h17-18H,5-16H2,1-4H3,(H,20,21);1H. The number of halogens is 1. The normalized spacial score (nSPS) is 25.7. The minimum absolute atomic E-state index is 0. The van der Waals surface area contributed by atoms with Gasteiger partial charge in [0.25, 0.3) is 0 Å². The lowest BCUT2D eigenvalue weighted by molar-refractivity contribution is 0.161. The number of piperidine rings is 1. The van der Waals surface area contributed by atoms with Crippen molar-refractivity contribution >= 4 is 29.9 Å². The summed E-state index contributed by atoms with van der Waals surface area (Å²) in [6.45, 7) is 14.5. The molecule has 0 aromatic carbocycles. The number of likely N-dealkylation sites (N-methyl/N-ethyl adjacent to an activating group) is 3. The second-order valence-corrected chi connectivity index (χ2v) is 7.28. The van der Waals surface area contributed by atoms with Crippen LogP contribution in [0.3, 0.4) is 0 Å². The zero-order valence-corrected chi connectivity index (χ0v) is 19.2. The fraction of sp³-hybridized carbons (Fsp3) is 0.947. The van der Waals surface area contributed by atoms with Crippen LogP contribution in [-0.4, -0.2) is 85.6 Å². The van der Waals surface area contributed by atoms with Crippen LogP contribution in [0.2, 0.25) is 0 Å². The lowest BCUT2D eigenvalue weighted by Crippen LogP contribution is -2.47. The van der Waals surface area contributed by atoms with Crippen molar-refractivity contribution in [3.05, 3.63) is 0 Å². The van der Waals surface area contributed by atoms with Crippen LogP contribution in [0.1, 0.15) is 52.9 Å². The van der Waals surface area contributed by atoms with E-state index in [4.69, 9.17) is 4.99 Å². The highest BCUT2D eigenvalue weighted by Gasteiger charge is 2.25. The Hall–Kier alpha value is -0.0800. The van der Waals surface area contributed by atoms with Crippen LogP contribution in [-0.2, 0) is 0 Å². The fourth-order valence-corrected chi connectivity index (χ4v) is 4.27. The van der Waals surface area contributed by atoms with Crippen molar-refractivity contribution in [2.75, 3.05) is 52.9 Å². The summed E-state index contributed by atoms with van der Waals surface area (Å²) in [5.41, 5.74) is 0. The number of likely N-dealkylation sites (tertiary alicyclic amines) is 2. The Labute approximate surface area is 172 Å². The summed E-state index contributed by atoms with van der Waals surface area (Å²) in [6.07, 6.45) is 6.67. The van der Waals surface area contributed by atoms with Gasteiger partial charge in [-0.05, 0) is 58.8 Å². The van der Waals surface area contributed by atoms with Crippen molar-refractivity contribution in [2.45, 2.75) is 65.0 Å². The van der Waals surface area contributed by atoms with Gasteiger partial charge < -0.3 is 10.2 Å². The molecular weight excluding hydrogens is 425 g/mol. The number of nitrogens with one attached hydrogen (secondary N) is 1. The molecule has 2 unspecified atom stereocenters. The first-order valence-corrected chi connectivity index (χ1v) is 10.2. The quantitative estimate of drug-likeness (QED) is 0.356. The maximum atomic E-state index is 5.00. The molecule has 2 saturated heterocycles. The van der Waals surface area contributed by atoms with E-state index in [2.05, 4.69) is 47.8 Å². The maximum Gasteiger partial charge on any atom is 0.193 e. The van der Waals surface area contributed by atoms with Gasteiger partial charge in [-0.2, -0.15) is 0 Å². The molecule has 25 heavy (non-hydrogen) atoms. The molecule has 0 bridgehead atoms. The number of hydrogen-bond donors (Lipinski definition) is 1. The molecule has 0 aromatic rings. The van der Waals surface area contributed by atoms with Gasteiger partial charge in [-0.1, -0.05) is 20.3 Å². The highest BCUT2D eigenvalue weighted by atomic mass is 127. The van der Waals surface area contributed by atoms with Crippen molar-refractivity contribution in [2.24, 2.45) is 4.99 Å². The summed E-state index contributed by atoms with van der Waals surface area (Å²) in [7, 11) is 2.20. The molecule has 0 amide bonds. The molecular formula is C19H40IN5. The van der Waals surface area contributed by atoms with Crippen molar-refractivity contribution in [1.29, 1.82) is 0 Å². The smallest absolute Gasteiger partial charge is 0.193 e. The fourth-order valence-electron chi connectivity index (χ4n) is 4.27. The third-order valence-electron chi connectivity index (χ3n) is 5.69. The van der Waals surface area contributed by atoms with Crippen molar-refractivity contribution < 1.29 is 0 Å². The van der Waals surface area contributed by atoms with E-state index >= 15 is 0 Å². The number of nitrogens with zero attached hydrogens (tertiary/aromatic N) is 4. The van der Waals surface area contributed by atoms with Crippen molar-refractivity contribution in [1.82, 2.24) is 20.0 Å². The molecule has 148 valence electrons. The average molecular weight is 465 g/mol. The molecule has 0 saturated carbocycles. The van der Waals surface area contributed by atoms with Crippen LogP contribution in [0.15, 0.2) is 4.99 Å². The number of guanidine groups is 1. The molecule has 5 nitrogen and oxygen atoms in total. The van der Waals surface area contributed by atoms with Crippen molar-refractivity contribution in [3.63, 3.8) is 0 Å². The molecule has 2 atom stereocenters. The van der Waals surface area contributed by atoms with Crippen LogP contribution in [0.5, 0.6) is 0 Å². The van der Waals surface area contributed by atoms with Gasteiger partial charge in [-0.3, -0.25) is 14.8 Å². The Bertz CT molecular complexity index is 390. The molecule has 2 aliphatic rings. The second kappa shape index (κ2) is 12.3. The van der Waals surface area contributed by atoms with E-state index in [1.165, 1.54) is 51.7 Å². The first-order valence-electron chi connectivity index (χ1n) is 10.2. The zero-order chi connectivity index (χ0) is 17.4. The van der Waals surface area contributed by atoms with E-state index in [1.807, 2.05) is 0 Å². The minimum Gasteiger partial charge on any atom is -0.357 e. The SMILES string of the molecule is CCNC(=NCC1CCCCN1CC)N(C)CC1CCCN1CC.I. The van der Waals surface area contributed by atoms with Crippen LogP contribution in [0.4, 0.5) is 0 Å². The maximum absolute atomic E-state index is 5.00. The number of hydrogen-bond acceptors (Lipinski definition) is 3. The first kappa shape index (κ1) is 23.0. The summed E-state index contributed by atoms with van der Waals surface area (Å²) in [4.78, 5) is 12.6. The van der Waals surface area contributed by atoms with E-state index in [9.17, 15) is 0 Å². The van der Waals surface area contributed by atoms with E-state index in [1.54, 1.807) is 0 Å². The number of rotatable bonds is 7. The Morgan fingerprint density at radius 3 is 2.32 bits per heavy atom. The van der Waals surface area contributed by atoms with Crippen LogP contribution >= 0.6 is 24.0 Å². The Balaban J connectivity index is 0.00000312. The largest absolute Gasteiger partial charge is 0.357 e. The van der Waals surface area contributed by atoms with Crippen molar-refractivity contribution in [3.8, 4) is 0 Å². The van der Waals surface area contributed by atoms with E-state index in [0.717, 1.165) is 32.1 Å². The first-order chi connectivity index (χ1) is 11.7. The van der Waals surface area contributed by atoms with Gasteiger partial charge in [-0.15, -0.1) is 24.0 Å². The van der Waals surface area contributed by atoms with Gasteiger partial charge in [0, 0.05) is 32.2 Å². The van der Waals surface area contributed by atoms with E-state index < -0.39 is 0 Å². The highest BCUT2D eigenvalue weighted by molar-refractivity contribution is 14.0. The van der Waals surface area contributed by atoms with Gasteiger partial charge >= 0.3 is 0 Å². The molecule has 1 N–H and O–H groups in total. The topological polar surface area (TPSA) is 34.1 Å². The monoisotopic (exact) mass is 465 g/mol. The molecule has 0 aliphatic carbocycles. The Kier molecular flexibility index (Phi) is 11.3. The average Bonchev–Trinajstić information content (AvgIpc) is 3.05. The lowest BCUT2D eigenvalue weighted by atomic mass is 10.0. The zero-order valence-electron chi connectivity index (χ0n) is 16.8. The molecule has 2 fully saturated rings. The second-order valence-electron chi connectivity index (χ2n) is 7.28. The lowest BCUT2D eigenvalue weighted by Gasteiger charge is -2.34. The molecule has 2 heterocycles. The van der Waals surface area contributed by atoms with Gasteiger partial charge in [0.05, 0.1) is 6.54 Å². The third-order valence-corrected chi connectivity index (χ3v) is 5.69. The van der Waals surface area contributed by atoms with Crippen LogP contribution in [0.25, 0.3) is 0 Å². The Morgan fingerprint density at radius 1 is 1.00 bits per heavy atom. The van der Waals surface area contributed by atoms with E-state index in [0.29, 0.717) is 12.1 Å². The number of aliphatic imine (C=N–C) groups is 1. The predicted octanol–water partition coefficient (Wildman–Crippen LogP) is 2.86. The molecule has 6 heteroatoms. The summed E-state index contributed by atoms with van der Waals surface area (Å²) in [5.74, 6) is 1.09. The highest BCUT2D eigenvalue weighted by Crippen LogP contribution is 2.18. The van der Waals surface area contributed by atoms with Gasteiger partial charge in [0.15, 0.2) is 5.96 Å². The summed E-state index contributed by atoms with van der Waals surface area (Å²) in [6, 6.07) is 1.31. The van der Waals surface area contributed by atoms with Crippen LogP contribution < -0.4 is 5.32 Å². The minimum atomic E-state index is 0.